The molecule has 2 fully saturated rings. The number of nitrogens with zero attached hydrogens (tertiary/aromatic N) is 1. The summed E-state index contributed by atoms with van der Waals surface area (Å²) in [7, 11) is -3.18. The number of carbonyl (C=O) groups excluding carboxylic acids is 2. The van der Waals surface area contributed by atoms with Gasteiger partial charge in [-0.05, 0) is 31.6 Å². The number of urea groups is 1. The summed E-state index contributed by atoms with van der Waals surface area (Å²) >= 11 is 0. The fourth-order valence-electron chi connectivity index (χ4n) is 2.73. The molecule has 1 aliphatic carbocycles. The van der Waals surface area contributed by atoms with Gasteiger partial charge in [-0.1, -0.05) is 6.92 Å². The number of imide groups is 1. The normalized spacial score (nSPS) is 31.9. The second-order valence-corrected chi connectivity index (χ2v) is 8.04. The minimum Gasteiger partial charge on any atom is -0.323 e. The van der Waals surface area contributed by atoms with Crippen molar-refractivity contribution in [3.63, 3.8) is 0 Å². The van der Waals surface area contributed by atoms with Crippen LogP contribution < -0.4 is 5.32 Å². The fraction of sp³-hybridized carbons (Fsp3) is 0.833. The molecule has 0 aromatic rings. The first-order valence-electron chi connectivity index (χ1n) is 6.55. The van der Waals surface area contributed by atoms with Gasteiger partial charge in [0.15, 0.2) is 0 Å². The number of sulfone groups is 1. The van der Waals surface area contributed by atoms with Gasteiger partial charge in [0.05, 0.1) is 5.75 Å². The molecular weight excluding hydrogens is 268 g/mol. The molecule has 7 heteroatoms. The maximum Gasteiger partial charge on any atom is 0.325 e. The van der Waals surface area contributed by atoms with Crippen molar-refractivity contribution < 1.29 is 18.0 Å². The van der Waals surface area contributed by atoms with Gasteiger partial charge in [0.2, 0.25) is 0 Å². The molecule has 0 radical (unpaired) electrons. The summed E-state index contributed by atoms with van der Waals surface area (Å²) in [6.45, 7) is 2.08. The van der Waals surface area contributed by atoms with E-state index in [4.69, 9.17) is 0 Å². The quantitative estimate of drug-likeness (QED) is 0.768. The highest BCUT2D eigenvalue weighted by molar-refractivity contribution is 7.90. The molecule has 1 N–H and O–H groups in total. The van der Waals surface area contributed by atoms with Crippen molar-refractivity contribution in [1.82, 2.24) is 10.2 Å². The molecule has 3 amide bonds. The summed E-state index contributed by atoms with van der Waals surface area (Å²) in [4.78, 5) is 25.3. The molecule has 6 nitrogen and oxygen atoms in total. The van der Waals surface area contributed by atoms with Crippen LogP contribution in [0.3, 0.4) is 0 Å². The summed E-state index contributed by atoms with van der Waals surface area (Å²) < 4.78 is 22.3. The largest absolute Gasteiger partial charge is 0.325 e. The summed E-state index contributed by atoms with van der Waals surface area (Å²) in [6, 6.07) is -0.455. The first-order valence-corrected chi connectivity index (χ1v) is 8.61. The zero-order valence-corrected chi connectivity index (χ0v) is 12.1. The lowest BCUT2D eigenvalue weighted by Gasteiger charge is -2.33. The van der Waals surface area contributed by atoms with Crippen LogP contribution in [0.2, 0.25) is 0 Å². The Kier molecular flexibility index (Phi) is 3.59. The molecule has 1 aliphatic heterocycles. The summed E-state index contributed by atoms with van der Waals surface area (Å²) in [6.07, 6.45) is 4.21. The van der Waals surface area contributed by atoms with Crippen molar-refractivity contribution in [2.45, 2.75) is 38.1 Å². The molecule has 1 saturated carbocycles. The van der Waals surface area contributed by atoms with Crippen molar-refractivity contribution in [1.29, 1.82) is 0 Å². The SMILES string of the molecule is CC1CCC2(CC1)NC(=O)N(CCS(C)(=O)=O)C2=O. The van der Waals surface area contributed by atoms with E-state index >= 15 is 0 Å². The van der Waals surface area contributed by atoms with E-state index in [1.807, 2.05) is 0 Å². The number of hydrogen-bond acceptors (Lipinski definition) is 4. The van der Waals surface area contributed by atoms with Gasteiger partial charge >= 0.3 is 6.03 Å². The van der Waals surface area contributed by atoms with Gasteiger partial charge in [-0.3, -0.25) is 9.69 Å². The monoisotopic (exact) mass is 288 g/mol. The Balaban J connectivity index is 2.08. The van der Waals surface area contributed by atoms with Gasteiger partial charge in [0.25, 0.3) is 5.91 Å². The molecule has 1 spiro atoms. The number of nitrogens with one attached hydrogen (secondary N) is 1. The molecule has 0 aromatic carbocycles. The molecule has 108 valence electrons. The Morgan fingerprint density at radius 1 is 1.32 bits per heavy atom. The Hall–Kier alpha value is -1.11. The average Bonchev–Trinajstić information content (AvgIpc) is 2.52. The second-order valence-electron chi connectivity index (χ2n) is 5.78. The van der Waals surface area contributed by atoms with Gasteiger partial charge in [-0.15, -0.1) is 0 Å². The molecule has 0 unspecified atom stereocenters. The van der Waals surface area contributed by atoms with Gasteiger partial charge in [-0.2, -0.15) is 0 Å². The highest BCUT2D eigenvalue weighted by atomic mass is 32.2. The molecule has 0 atom stereocenters. The Labute approximate surface area is 113 Å². The lowest BCUT2D eigenvalue weighted by Crippen LogP contribution is -2.49. The minimum absolute atomic E-state index is 0.0548. The summed E-state index contributed by atoms with van der Waals surface area (Å²) in [5, 5.41) is 2.77. The predicted molar refractivity (Wildman–Crippen MR) is 70.3 cm³/mol. The van der Waals surface area contributed by atoms with Crippen LogP contribution in [0.25, 0.3) is 0 Å². The number of carbonyl (C=O) groups is 2. The average molecular weight is 288 g/mol. The van der Waals surface area contributed by atoms with Crippen molar-refractivity contribution in [3.05, 3.63) is 0 Å². The van der Waals surface area contributed by atoms with E-state index in [0.29, 0.717) is 18.8 Å². The van der Waals surface area contributed by atoms with E-state index < -0.39 is 21.4 Å². The first kappa shape index (κ1) is 14.3. The van der Waals surface area contributed by atoms with Crippen molar-refractivity contribution in [2.75, 3.05) is 18.6 Å². The van der Waals surface area contributed by atoms with Crippen molar-refractivity contribution >= 4 is 21.8 Å². The summed E-state index contributed by atoms with van der Waals surface area (Å²) in [5.41, 5.74) is -0.777. The molecule has 1 heterocycles. The van der Waals surface area contributed by atoms with E-state index in [-0.39, 0.29) is 18.2 Å². The molecule has 2 rings (SSSR count). The van der Waals surface area contributed by atoms with Crippen LogP contribution in [0.5, 0.6) is 0 Å². The second kappa shape index (κ2) is 4.77. The van der Waals surface area contributed by atoms with Crippen LogP contribution in [-0.2, 0) is 14.6 Å². The minimum atomic E-state index is -3.18. The van der Waals surface area contributed by atoms with Crippen molar-refractivity contribution in [3.8, 4) is 0 Å². The topological polar surface area (TPSA) is 83.6 Å². The maximum absolute atomic E-state index is 12.4. The number of hydrogen-bond donors (Lipinski definition) is 1. The Morgan fingerprint density at radius 3 is 2.42 bits per heavy atom. The van der Waals surface area contributed by atoms with E-state index in [2.05, 4.69) is 12.2 Å². The predicted octanol–water partition coefficient (Wildman–Crippen LogP) is 0.532. The molecule has 19 heavy (non-hydrogen) atoms. The molecule has 1 saturated heterocycles. The van der Waals surface area contributed by atoms with E-state index in [0.717, 1.165) is 24.0 Å². The number of amides is 3. The number of rotatable bonds is 3. The van der Waals surface area contributed by atoms with Gasteiger partial charge in [-0.25, -0.2) is 13.2 Å². The van der Waals surface area contributed by atoms with Crippen LogP contribution >= 0.6 is 0 Å². The third kappa shape index (κ3) is 2.91. The molecule has 0 bridgehead atoms. The fourth-order valence-corrected chi connectivity index (χ4v) is 3.24. The van der Waals surface area contributed by atoms with Gasteiger partial charge in [0.1, 0.15) is 15.4 Å². The van der Waals surface area contributed by atoms with Crippen LogP contribution in [0.1, 0.15) is 32.6 Å². The van der Waals surface area contributed by atoms with E-state index in [1.54, 1.807) is 0 Å². The van der Waals surface area contributed by atoms with Crippen LogP contribution in [-0.4, -0.2) is 49.3 Å². The van der Waals surface area contributed by atoms with Crippen molar-refractivity contribution in [2.24, 2.45) is 5.92 Å². The summed E-state index contributed by atoms with van der Waals surface area (Å²) in [5.74, 6) is 0.131. The standard InChI is InChI=1S/C12H20N2O4S/c1-9-3-5-12(6-4-9)10(15)14(11(16)13-12)7-8-19(2,17)18/h9H,3-8H2,1-2H3,(H,13,16). The lowest BCUT2D eigenvalue weighted by molar-refractivity contribution is -0.132. The van der Waals surface area contributed by atoms with E-state index in [1.165, 1.54) is 0 Å². The van der Waals surface area contributed by atoms with Crippen LogP contribution in [0.4, 0.5) is 4.79 Å². The molecule has 2 aliphatic rings. The first-order chi connectivity index (χ1) is 8.73. The highest BCUT2D eigenvalue weighted by Gasteiger charge is 2.51. The zero-order chi connectivity index (χ0) is 14.3. The third-order valence-electron chi connectivity index (χ3n) is 4.06. The molecular formula is C12H20N2O4S. The van der Waals surface area contributed by atoms with Crippen LogP contribution in [0, 0.1) is 5.92 Å². The highest BCUT2D eigenvalue weighted by Crippen LogP contribution is 2.36. The third-order valence-corrected chi connectivity index (χ3v) is 4.98. The van der Waals surface area contributed by atoms with Crippen LogP contribution in [0.15, 0.2) is 0 Å². The lowest BCUT2D eigenvalue weighted by atomic mass is 9.77. The zero-order valence-electron chi connectivity index (χ0n) is 11.3. The Bertz CT molecular complexity index is 492. The molecule has 0 aromatic heterocycles. The Morgan fingerprint density at radius 2 is 1.89 bits per heavy atom. The van der Waals surface area contributed by atoms with Gasteiger partial charge in [0, 0.05) is 12.8 Å². The smallest absolute Gasteiger partial charge is 0.323 e. The van der Waals surface area contributed by atoms with Gasteiger partial charge < -0.3 is 5.32 Å². The maximum atomic E-state index is 12.4. The van der Waals surface area contributed by atoms with E-state index in [9.17, 15) is 18.0 Å².